The highest BCUT2D eigenvalue weighted by Crippen LogP contribution is 2.29. The van der Waals surface area contributed by atoms with Crippen molar-refractivity contribution < 1.29 is 29.0 Å². The first-order valence-electron chi connectivity index (χ1n) is 13.1. The quantitative estimate of drug-likeness (QED) is 0.371. The van der Waals surface area contributed by atoms with E-state index in [4.69, 9.17) is 16.3 Å². The van der Waals surface area contributed by atoms with Gasteiger partial charge in [0, 0.05) is 43.0 Å². The van der Waals surface area contributed by atoms with Gasteiger partial charge >= 0.3 is 5.97 Å². The number of carbonyl (C=O) groups excluding carboxylic acids is 3. The first kappa shape index (κ1) is 28.2. The molecule has 0 bridgehead atoms. The molecule has 212 valence electrons. The fourth-order valence-electron chi connectivity index (χ4n) is 4.89. The van der Waals surface area contributed by atoms with Crippen molar-refractivity contribution in [3.8, 4) is 0 Å². The van der Waals surface area contributed by atoms with Crippen molar-refractivity contribution in [2.45, 2.75) is 19.0 Å². The van der Waals surface area contributed by atoms with Crippen LogP contribution in [-0.2, 0) is 27.3 Å². The van der Waals surface area contributed by atoms with E-state index < -0.39 is 23.8 Å². The molecule has 2 aromatic carbocycles. The lowest BCUT2D eigenvalue weighted by Crippen LogP contribution is -2.46. The van der Waals surface area contributed by atoms with Gasteiger partial charge in [-0.15, -0.1) is 0 Å². The number of carboxylic acids is 1. The van der Waals surface area contributed by atoms with Gasteiger partial charge < -0.3 is 25.4 Å². The Morgan fingerprint density at radius 1 is 1.10 bits per heavy atom. The average Bonchev–Trinajstić information content (AvgIpc) is 3.04. The molecule has 1 aromatic heterocycles. The second-order valence-corrected chi connectivity index (χ2v) is 10.2. The SMILES string of the molecule is O=C(CN1CCOCC1)Nc1cc(CN2C(=O)c3ccc(Cl)cc3NC(=O)C2Cc2ccccn2)ccc1C(=O)O. The third kappa shape index (κ3) is 6.71. The number of carbonyl (C=O) groups is 4. The summed E-state index contributed by atoms with van der Waals surface area (Å²) in [5.41, 5.74) is 1.74. The van der Waals surface area contributed by atoms with Gasteiger partial charge in [0.15, 0.2) is 0 Å². The molecule has 3 N–H and O–H groups in total. The number of carboxylic acid groups (broad SMARTS) is 1. The van der Waals surface area contributed by atoms with Crippen molar-refractivity contribution in [2.24, 2.45) is 0 Å². The molecule has 1 unspecified atom stereocenters. The van der Waals surface area contributed by atoms with E-state index in [0.717, 1.165) is 0 Å². The second kappa shape index (κ2) is 12.5. The Balaban J connectivity index is 1.46. The van der Waals surface area contributed by atoms with E-state index in [2.05, 4.69) is 15.6 Å². The molecule has 2 aliphatic rings. The third-order valence-corrected chi connectivity index (χ3v) is 7.19. The number of morpholine rings is 1. The van der Waals surface area contributed by atoms with Crippen molar-refractivity contribution in [3.63, 3.8) is 0 Å². The van der Waals surface area contributed by atoms with Gasteiger partial charge in [-0.1, -0.05) is 23.7 Å². The van der Waals surface area contributed by atoms with E-state index in [0.29, 0.717) is 48.3 Å². The van der Waals surface area contributed by atoms with E-state index in [9.17, 15) is 24.3 Å². The Morgan fingerprint density at radius 3 is 2.63 bits per heavy atom. The highest BCUT2D eigenvalue weighted by Gasteiger charge is 2.36. The van der Waals surface area contributed by atoms with E-state index in [1.54, 1.807) is 42.6 Å². The molecule has 0 saturated carbocycles. The smallest absolute Gasteiger partial charge is 0.337 e. The number of ether oxygens (including phenoxy) is 1. The maximum Gasteiger partial charge on any atom is 0.337 e. The van der Waals surface area contributed by atoms with Crippen LogP contribution in [0.2, 0.25) is 5.02 Å². The van der Waals surface area contributed by atoms with Crippen LogP contribution in [0.5, 0.6) is 0 Å². The normalized spacial score (nSPS) is 17.4. The summed E-state index contributed by atoms with van der Waals surface area (Å²) in [7, 11) is 0. The number of aromatic nitrogens is 1. The maximum absolute atomic E-state index is 13.8. The van der Waals surface area contributed by atoms with Gasteiger partial charge in [-0.2, -0.15) is 0 Å². The van der Waals surface area contributed by atoms with Gasteiger partial charge in [-0.05, 0) is 48.0 Å². The fourth-order valence-corrected chi connectivity index (χ4v) is 5.06. The lowest BCUT2D eigenvalue weighted by molar-refractivity contribution is -0.120. The van der Waals surface area contributed by atoms with Crippen LogP contribution < -0.4 is 10.6 Å². The summed E-state index contributed by atoms with van der Waals surface area (Å²) in [6.07, 6.45) is 1.76. The molecular weight excluding hydrogens is 550 g/mol. The van der Waals surface area contributed by atoms with Crippen LogP contribution in [0.15, 0.2) is 60.8 Å². The predicted octanol–water partition coefficient (Wildman–Crippen LogP) is 2.91. The summed E-state index contributed by atoms with van der Waals surface area (Å²) in [6, 6.07) is 13.5. The molecule has 41 heavy (non-hydrogen) atoms. The molecule has 1 atom stereocenters. The molecule has 3 amide bonds. The highest BCUT2D eigenvalue weighted by atomic mass is 35.5. The topological polar surface area (TPSA) is 141 Å². The Kier molecular flexibility index (Phi) is 8.58. The van der Waals surface area contributed by atoms with Crippen LogP contribution in [0.3, 0.4) is 0 Å². The van der Waals surface area contributed by atoms with Crippen LogP contribution in [0.25, 0.3) is 0 Å². The molecule has 12 heteroatoms. The summed E-state index contributed by atoms with van der Waals surface area (Å²) in [5.74, 6) is -2.39. The number of pyridine rings is 1. The molecule has 2 aliphatic heterocycles. The maximum atomic E-state index is 13.8. The van der Waals surface area contributed by atoms with Gasteiger partial charge in [-0.25, -0.2) is 4.79 Å². The lowest BCUT2D eigenvalue weighted by Gasteiger charge is -2.29. The minimum Gasteiger partial charge on any atom is -0.478 e. The fraction of sp³-hybridized carbons (Fsp3) is 0.276. The average molecular weight is 578 g/mol. The Labute approximate surface area is 241 Å². The zero-order valence-corrected chi connectivity index (χ0v) is 22.8. The summed E-state index contributed by atoms with van der Waals surface area (Å²) >= 11 is 6.14. The number of anilines is 2. The molecule has 3 aromatic rings. The number of aromatic carboxylic acids is 1. The van der Waals surface area contributed by atoms with Crippen molar-refractivity contribution in [2.75, 3.05) is 43.5 Å². The molecule has 3 heterocycles. The van der Waals surface area contributed by atoms with E-state index in [1.807, 2.05) is 4.90 Å². The van der Waals surface area contributed by atoms with Crippen LogP contribution in [-0.4, -0.2) is 82.5 Å². The summed E-state index contributed by atoms with van der Waals surface area (Å²) in [4.78, 5) is 59.7. The number of rotatable bonds is 8. The van der Waals surface area contributed by atoms with Crippen LogP contribution >= 0.6 is 11.6 Å². The van der Waals surface area contributed by atoms with Crippen molar-refractivity contribution >= 4 is 46.7 Å². The van der Waals surface area contributed by atoms with Crippen molar-refractivity contribution in [1.82, 2.24) is 14.8 Å². The number of hydrogen-bond acceptors (Lipinski definition) is 7. The number of amides is 3. The predicted molar refractivity (Wildman–Crippen MR) is 151 cm³/mol. The van der Waals surface area contributed by atoms with Gasteiger partial charge in [0.05, 0.1) is 42.3 Å². The first-order chi connectivity index (χ1) is 19.8. The Hall–Kier alpha value is -4.32. The van der Waals surface area contributed by atoms with Gasteiger partial charge in [0.2, 0.25) is 11.8 Å². The van der Waals surface area contributed by atoms with Gasteiger partial charge in [0.1, 0.15) is 6.04 Å². The van der Waals surface area contributed by atoms with Gasteiger partial charge in [0.25, 0.3) is 5.91 Å². The zero-order valence-electron chi connectivity index (χ0n) is 22.0. The van der Waals surface area contributed by atoms with Crippen molar-refractivity contribution in [1.29, 1.82) is 0 Å². The molecule has 0 spiro atoms. The van der Waals surface area contributed by atoms with E-state index in [-0.39, 0.29) is 42.2 Å². The summed E-state index contributed by atoms with van der Waals surface area (Å²) in [5, 5.41) is 15.6. The number of halogens is 1. The van der Waals surface area contributed by atoms with E-state index in [1.165, 1.54) is 23.1 Å². The lowest BCUT2D eigenvalue weighted by atomic mass is 10.0. The zero-order chi connectivity index (χ0) is 28.9. The Morgan fingerprint density at radius 2 is 1.90 bits per heavy atom. The molecular formula is C29H28ClN5O6. The monoisotopic (exact) mass is 577 g/mol. The number of nitrogens with one attached hydrogen (secondary N) is 2. The minimum absolute atomic E-state index is 0.0297. The third-order valence-electron chi connectivity index (χ3n) is 6.95. The number of fused-ring (bicyclic) bond motifs is 1. The largest absolute Gasteiger partial charge is 0.478 e. The van der Waals surface area contributed by atoms with Crippen molar-refractivity contribution in [3.05, 3.63) is 88.2 Å². The second-order valence-electron chi connectivity index (χ2n) is 9.77. The highest BCUT2D eigenvalue weighted by molar-refractivity contribution is 6.31. The number of benzene rings is 2. The number of nitrogens with zero attached hydrogens (tertiary/aromatic N) is 3. The molecule has 1 fully saturated rings. The van der Waals surface area contributed by atoms with Crippen LogP contribution in [0.4, 0.5) is 11.4 Å². The molecule has 0 radical (unpaired) electrons. The summed E-state index contributed by atoms with van der Waals surface area (Å²) < 4.78 is 5.31. The minimum atomic E-state index is -1.21. The molecule has 11 nitrogen and oxygen atoms in total. The van der Waals surface area contributed by atoms with Crippen LogP contribution in [0, 0.1) is 0 Å². The van der Waals surface area contributed by atoms with Gasteiger partial charge in [-0.3, -0.25) is 24.3 Å². The Bertz CT molecular complexity index is 1480. The number of hydrogen-bond donors (Lipinski definition) is 3. The molecule has 5 rings (SSSR count). The van der Waals surface area contributed by atoms with E-state index >= 15 is 0 Å². The molecule has 0 aliphatic carbocycles. The standard InChI is InChI=1S/C29H28ClN5O6/c30-19-5-7-21-24(14-19)33-27(37)25(15-20-3-1-2-8-31-20)35(28(21)38)16-18-4-6-22(29(39)40)23(13-18)32-26(36)17-34-9-11-41-12-10-34/h1-8,13-14,25H,9-12,15-17H2,(H,32,36)(H,33,37)(H,39,40). The van der Waals surface area contributed by atoms with Crippen LogP contribution in [0.1, 0.15) is 32.0 Å². The first-order valence-corrected chi connectivity index (χ1v) is 13.4. The summed E-state index contributed by atoms with van der Waals surface area (Å²) in [6.45, 7) is 2.30. The molecule has 1 saturated heterocycles.